The van der Waals surface area contributed by atoms with Gasteiger partial charge in [-0.15, -0.1) is 0 Å². The number of ether oxygens (including phenoxy) is 2. The lowest BCUT2D eigenvalue weighted by atomic mass is 10.2. The molecule has 0 radical (unpaired) electrons. The molecule has 1 atom stereocenters. The minimum absolute atomic E-state index is 0.0801. The predicted octanol–water partition coefficient (Wildman–Crippen LogP) is 3.64. The highest BCUT2D eigenvalue weighted by molar-refractivity contribution is 6.33. The van der Waals surface area contributed by atoms with Gasteiger partial charge in [-0.2, -0.15) is 0 Å². The van der Waals surface area contributed by atoms with Gasteiger partial charge in [-0.25, -0.2) is 9.78 Å². The van der Waals surface area contributed by atoms with Crippen molar-refractivity contribution in [3.05, 3.63) is 22.9 Å². The Hall–Kier alpha value is -1.95. The summed E-state index contributed by atoms with van der Waals surface area (Å²) in [5, 5.41) is 3.17. The van der Waals surface area contributed by atoms with E-state index < -0.39 is 11.7 Å². The molecule has 0 saturated carbocycles. The molecule has 0 spiro atoms. The summed E-state index contributed by atoms with van der Waals surface area (Å²) in [5.41, 5.74) is 5.86. The Morgan fingerprint density at radius 1 is 1.52 bits per heavy atom. The molecular weight excluding hydrogens is 318 g/mol. The van der Waals surface area contributed by atoms with E-state index in [2.05, 4.69) is 10.3 Å². The van der Waals surface area contributed by atoms with Crippen LogP contribution in [-0.2, 0) is 4.74 Å². The molecule has 1 aromatic rings. The number of anilines is 1. The minimum atomic E-state index is -0.515. The summed E-state index contributed by atoms with van der Waals surface area (Å²) >= 11 is 6.20. The maximum atomic E-state index is 11.7. The van der Waals surface area contributed by atoms with Gasteiger partial charge in [0.25, 0.3) is 0 Å². The third kappa shape index (κ3) is 6.36. The number of rotatable bonds is 5. The summed E-state index contributed by atoms with van der Waals surface area (Å²) in [6.45, 7) is 7.35. The molecule has 0 unspecified atom stereocenters. The van der Waals surface area contributed by atoms with E-state index in [1.165, 1.54) is 7.11 Å². The number of amides is 1. The van der Waals surface area contributed by atoms with Gasteiger partial charge in [-0.3, -0.25) is 0 Å². The van der Waals surface area contributed by atoms with E-state index in [-0.39, 0.29) is 11.9 Å². The fourth-order valence-electron chi connectivity index (χ4n) is 1.78. The maximum Gasteiger partial charge on any atom is 0.407 e. The molecule has 128 valence electrons. The van der Waals surface area contributed by atoms with Gasteiger partial charge in [0, 0.05) is 17.8 Å². The lowest BCUT2D eigenvalue weighted by Crippen LogP contribution is -2.37. The van der Waals surface area contributed by atoms with Gasteiger partial charge in [0.2, 0.25) is 0 Å². The van der Waals surface area contributed by atoms with Gasteiger partial charge in [-0.1, -0.05) is 23.8 Å². The zero-order valence-electron chi connectivity index (χ0n) is 14.1. The number of nitrogen functional groups attached to an aromatic ring is 1. The highest BCUT2D eigenvalue weighted by Gasteiger charge is 2.17. The largest absolute Gasteiger partial charge is 0.491 e. The number of carbonyl (C=O) groups excluding carboxylic acids is 1. The first kappa shape index (κ1) is 19.1. The lowest BCUT2D eigenvalue weighted by molar-refractivity contribution is 0.0509. The summed E-state index contributed by atoms with van der Waals surface area (Å²) < 4.78 is 10.3. The third-order valence-corrected chi connectivity index (χ3v) is 3.17. The molecule has 0 aliphatic rings. The van der Waals surface area contributed by atoms with Crippen LogP contribution in [0.3, 0.4) is 0 Å². The average molecular weight is 342 g/mol. The molecule has 0 aliphatic carbocycles. The van der Waals surface area contributed by atoms with E-state index in [4.69, 9.17) is 26.8 Å². The van der Waals surface area contributed by atoms with E-state index in [1.54, 1.807) is 6.20 Å². The van der Waals surface area contributed by atoms with Crippen molar-refractivity contribution >= 4 is 29.6 Å². The second-order valence-electron chi connectivity index (χ2n) is 6.13. The fourth-order valence-corrected chi connectivity index (χ4v) is 2.06. The SMILES string of the molecule is COc1c(N)ncc(/C=C/C[C@H](C)NC(=O)OC(C)(C)C)c1Cl. The molecule has 1 heterocycles. The van der Waals surface area contributed by atoms with Gasteiger partial charge in [0.15, 0.2) is 11.6 Å². The van der Waals surface area contributed by atoms with E-state index in [9.17, 15) is 4.79 Å². The molecule has 0 bridgehead atoms. The number of pyridine rings is 1. The van der Waals surface area contributed by atoms with Crippen molar-refractivity contribution in [3.63, 3.8) is 0 Å². The van der Waals surface area contributed by atoms with Crippen LogP contribution in [0.1, 0.15) is 39.7 Å². The Kier molecular flexibility index (Phi) is 6.69. The van der Waals surface area contributed by atoms with Gasteiger partial charge >= 0.3 is 6.09 Å². The number of halogens is 1. The molecule has 0 fully saturated rings. The first-order chi connectivity index (χ1) is 10.6. The Balaban J connectivity index is 2.61. The van der Waals surface area contributed by atoms with E-state index >= 15 is 0 Å². The topological polar surface area (TPSA) is 86.5 Å². The monoisotopic (exact) mass is 341 g/mol. The van der Waals surface area contributed by atoms with E-state index in [0.717, 1.165) is 0 Å². The number of hydrogen-bond donors (Lipinski definition) is 2. The molecule has 6 nitrogen and oxygen atoms in total. The number of aromatic nitrogens is 1. The highest BCUT2D eigenvalue weighted by Crippen LogP contribution is 2.32. The number of alkyl carbamates (subject to hydrolysis) is 1. The second-order valence-corrected chi connectivity index (χ2v) is 6.51. The van der Waals surface area contributed by atoms with Crippen molar-refractivity contribution in [3.8, 4) is 5.75 Å². The third-order valence-electron chi connectivity index (χ3n) is 2.78. The Morgan fingerprint density at radius 2 is 2.17 bits per heavy atom. The van der Waals surface area contributed by atoms with E-state index in [1.807, 2.05) is 39.8 Å². The predicted molar refractivity (Wildman–Crippen MR) is 92.7 cm³/mol. The van der Waals surface area contributed by atoms with Gasteiger partial charge < -0.3 is 20.5 Å². The summed E-state index contributed by atoms with van der Waals surface area (Å²) in [6, 6.07) is -0.0801. The molecule has 1 rings (SSSR count). The molecule has 1 aromatic heterocycles. The molecule has 3 N–H and O–H groups in total. The minimum Gasteiger partial charge on any atom is -0.491 e. The van der Waals surface area contributed by atoms with Crippen LogP contribution < -0.4 is 15.8 Å². The van der Waals surface area contributed by atoms with Crippen molar-refractivity contribution in [2.75, 3.05) is 12.8 Å². The van der Waals surface area contributed by atoms with Crippen LogP contribution in [0.5, 0.6) is 5.75 Å². The van der Waals surface area contributed by atoms with E-state index in [0.29, 0.717) is 22.8 Å². The number of nitrogens with one attached hydrogen (secondary N) is 1. The standard InChI is InChI=1S/C16H24ClN3O3/c1-10(20-15(21)23-16(2,3)4)7-6-8-11-9-19-14(18)13(22-5)12(11)17/h6,8-10H,7H2,1-5H3,(H2,18,19)(H,20,21)/b8-6+/t10-/m0/s1. The Bertz CT molecular complexity index is 583. The van der Waals surface area contributed by atoms with Crippen LogP contribution >= 0.6 is 11.6 Å². The summed E-state index contributed by atoms with van der Waals surface area (Å²) in [7, 11) is 1.49. The number of nitrogens with zero attached hydrogens (tertiary/aromatic N) is 1. The van der Waals surface area contributed by atoms with Crippen molar-refractivity contribution in [2.24, 2.45) is 0 Å². The van der Waals surface area contributed by atoms with Crippen molar-refractivity contribution in [1.29, 1.82) is 0 Å². The lowest BCUT2D eigenvalue weighted by Gasteiger charge is -2.21. The molecule has 1 amide bonds. The fraction of sp³-hybridized carbons (Fsp3) is 0.500. The van der Waals surface area contributed by atoms with Gasteiger partial charge in [-0.05, 0) is 34.1 Å². The quantitative estimate of drug-likeness (QED) is 0.853. The van der Waals surface area contributed by atoms with Crippen LogP contribution in [0.15, 0.2) is 12.3 Å². The maximum absolute atomic E-state index is 11.7. The summed E-state index contributed by atoms with van der Waals surface area (Å²) in [5.74, 6) is 0.600. The number of hydrogen-bond acceptors (Lipinski definition) is 5. The smallest absolute Gasteiger partial charge is 0.407 e. The molecule has 7 heteroatoms. The zero-order valence-corrected chi connectivity index (χ0v) is 14.9. The Morgan fingerprint density at radius 3 is 2.74 bits per heavy atom. The molecule has 0 aromatic carbocycles. The van der Waals surface area contributed by atoms with Gasteiger partial charge in [0.1, 0.15) is 5.60 Å². The van der Waals surface area contributed by atoms with Crippen molar-refractivity contribution in [1.82, 2.24) is 10.3 Å². The normalized spacial score (nSPS) is 13.0. The van der Waals surface area contributed by atoms with Crippen LogP contribution in [0, 0.1) is 0 Å². The molecule has 0 saturated heterocycles. The number of nitrogens with two attached hydrogens (primary N) is 1. The van der Waals surface area contributed by atoms with Crippen LogP contribution in [-0.4, -0.2) is 29.8 Å². The Labute approximate surface area is 142 Å². The summed E-state index contributed by atoms with van der Waals surface area (Å²) in [6.07, 6.45) is 5.45. The van der Waals surface area contributed by atoms with Gasteiger partial charge in [0.05, 0.1) is 12.1 Å². The van der Waals surface area contributed by atoms with Crippen LogP contribution in [0.4, 0.5) is 10.6 Å². The zero-order chi connectivity index (χ0) is 17.6. The molecular formula is C16H24ClN3O3. The van der Waals surface area contributed by atoms with Crippen molar-refractivity contribution < 1.29 is 14.3 Å². The summed E-state index contributed by atoms with van der Waals surface area (Å²) in [4.78, 5) is 15.7. The second kappa shape index (κ2) is 8.06. The average Bonchev–Trinajstić information content (AvgIpc) is 2.39. The highest BCUT2D eigenvalue weighted by atomic mass is 35.5. The molecule has 0 aliphatic heterocycles. The number of carbonyl (C=O) groups is 1. The first-order valence-electron chi connectivity index (χ1n) is 7.28. The number of methoxy groups -OCH3 is 1. The van der Waals surface area contributed by atoms with Crippen LogP contribution in [0.25, 0.3) is 6.08 Å². The first-order valence-corrected chi connectivity index (χ1v) is 7.66. The molecule has 23 heavy (non-hydrogen) atoms. The van der Waals surface area contributed by atoms with Crippen molar-refractivity contribution in [2.45, 2.75) is 45.8 Å². The van der Waals surface area contributed by atoms with Crippen LogP contribution in [0.2, 0.25) is 5.02 Å².